The largest absolute Gasteiger partial charge is 0.478 e. The van der Waals surface area contributed by atoms with Crippen molar-refractivity contribution < 1.29 is 32.6 Å². The molecule has 3 heterocycles. The molecule has 1 saturated carbocycles. The molecule has 2 saturated heterocycles. The van der Waals surface area contributed by atoms with Gasteiger partial charge in [0, 0.05) is 18.2 Å². The number of piperidine rings is 2. The fourth-order valence-electron chi connectivity index (χ4n) is 6.38. The van der Waals surface area contributed by atoms with Gasteiger partial charge in [-0.2, -0.15) is 13.2 Å². The van der Waals surface area contributed by atoms with E-state index >= 15 is 0 Å². The summed E-state index contributed by atoms with van der Waals surface area (Å²) in [6, 6.07) is 17.7. The van der Waals surface area contributed by atoms with Crippen molar-refractivity contribution in [2.45, 2.75) is 63.8 Å². The summed E-state index contributed by atoms with van der Waals surface area (Å²) in [5.74, 6) is -0.455. The highest BCUT2D eigenvalue weighted by Crippen LogP contribution is 2.45. The Morgan fingerprint density at radius 1 is 0.911 bits per heavy atom. The van der Waals surface area contributed by atoms with E-state index in [2.05, 4.69) is 22.4 Å². The maximum absolute atomic E-state index is 13.0. The first-order valence-corrected chi connectivity index (χ1v) is 14.8. The number of halogens is 3. The number of alkyl halides is 3. The smallest absolute Gasteiger partial charge is 0.416 e. The van der Waals surface area contributed by atoms with Gasteiger partial charge in [0.05, 0.1) is 23.0 Å². The van der Waals surface area contributed by atoms with E-state index in [0.717, 1.165) is 37.0 Å². The molecule has 3 aromatic carbocycles. The molecule has 45 heavy (non-hydrogen) atoms. The summed E-state index contributed by atoms with van der Waals surface area (Å²) in [5, 5.41) is 18.0. The molecule has 1 aliphatic carbocycles. The van der Waals surface area contributed by atoms with Crippen molar-refractivity contribution in [1.82, 2.24) is 19.9 Å². The second-order valence-corrected chi connectivity index (χ2v) is 12.8. The van der Waals surface area contributed by atoms with E-state index in [0.29, 0.717) is 40.9 Å². The van der Waals surface area contributed by atoms with Crippen LogP contribution in [0.5, 0.6) is 0 Å². The summed E-state index contributed by atoms with van der Waals surface area (Å²) in [6.45, 7) is 6.29. The van der Waals surface area contributed by atoms with Gasteiger partial charge in [-0.05, 0) is 98.9 Å². The van der Waals surface area contributed by atoms with Gasteiger partial charge in [-0.3, -0.25) is 0 Å². The average Bonchev–Trinajstić information content (AvgIpc) is 3.50. The molecule has 2 bridgehead atoms. The van der Waals surface area contributed by atoms with E-state index in [-0.39, 0.29) is 17.7 Å². The number of benzene rings is 3. The van der Waals surface area contributed by atoms with Crippen molar-refractivity contribution in [2.75, 3.05) is 6.54 Å². The Bertz CT molecular complexity index is 1730. The number of carbonyl (C=O) groups excluding carboxylic acids is 1. The number of carbonyl (C=O) groups is 2. The highest BCUT2D eigenvalue weighted by Gasteiger charge is 2.44. The molecule has 4 aromatic rings. The average molecular weight is 619 g/mol. The van der Waals surface area contributed by atoms with Crippen molar-refractivity contribution in [1.29, 1.82) is 0 Å². The van der Waals surface area contributed by atoms with Gasteiger partial charge in [0.2, 0.25) is 0 Å². The minimum atomic E-state index is -4.44. The van der Waals surface area contributed by atoms with Crippen LogP contribution in [0.2, 0.25) is 0 Å². The van der Waals surface area contributed by atoms with E-state index in [1.54, 1.807) is 18.3 Å². The Morgan fingerprint density at radius 3 is 2.20 bits per heavy atom. The zero-order chi connectivity index (χ0) is 32.1. The molecule has 0 spiro atoms. The predicted octanol–water partition coefficient (Wildman–Crippen LogP) is 7.82. The van der Waals surface area contributed by atoms with Crippen LogP contribution in [0.25, 0.3) is 28.1 Å². The molecule has 3 atom stereocenters. The molecular weight excluding hydrogens is 585 g/mol. The summed E-state index contributed by atoms with van der Waals surface area (Å²) >= 11 is 0. The van der Waals surface area contributed by atoms with Crippen LogP contribution in [0, 0.1) is 5.92 Å². The van der Waals surface area contributed by atoms with Crippen molar-refractivity contribution in [3.63, 3.8) is 0 Å². The van der Waals surface area contributed by atoms with Crippen LogP contribution in [-0.2, 0) is 10.9 Å². The van der Waals surface area contributed by atoms with E-state index in [9.17, 15) is 27.9 Å². The lowest BCUT2D eigenvalue weighted by molar-refractivity contribution is -0.137. The third kappa shape index (κ3) is 6.43. The molecule has 0 radical (unpaired) electrons. The van der Waals surface area contributed by atoms with Gasteiger partial charge in [0.1, 0.15) is 11.3 Å². The Morgan fingerprint density at radius 2 is 1.60 bits per heavy atom. The molecule has 1 N–H and O–H groups in total. The van der Waals surface area contributed by atoms with Crippen LogP contribution in [0.1, 0.15) is 67.4 Å². The standard InChI is InChI=1S/C34H33F3N4O4/c1-33(2,3)45-32(44)40-18-23-10-13-27(40)17-29(23)21-6-4-20(5-7-21)24-14-25(31(42)43)16-28(15-24)41-19-30(38-39-41)22-8-11-26(12-9-22)34(35,36)37/h4-9,11-12,14-16,19,23,27,29H,10,13,17-18H2,1-3H3,(H,42,43). The Kier molecular flexibility index (Phi) is 7.66. The van der Waals surface area contributed by atoms with Gasteiger partial charge in [0.25, 0.3) is 0 Å². The van der Waals surface area contributed by atoms with Gasteiger partial charge in [-0.25, -0.2) is 14.3 Å². The van der Waals surface area contributed by atoms with Crippen molar-refractivity contribution in [2.24, 2.45) is 5.92 Å². The van der Waals surface area contributed by atoms with Gasteiger partial charge in [-0.15, -0.1) is 5.10 Å². The SMILES string of the molecule is CC(C)(C)OC(=O)N1CC2CCC1CC2c1ccc(-c2cc(C(=O)O)cc(-n3cc(-c4ccc(C(F)(F)F)cc4)nn3)c2)cc1. The lowest BCUT2D eigenvalue weighted by Gasteiger charge is -2.49. The van der Waals surface area contributed by atoms with E-state index in [1.165, 1.54) is 28.4 Å². The third-order valence-electron chi connectivity index (χ3n) is 8.57. The molecule has 11 heteroatoms. The fraction of sp³-hybridized carbons (Fsp3) is 0.353. The van der Waals surface area contributed by atoms with Gasteiger partial charge >= 0.3 is 18.2 Å². The lowest BCUT2D eigenvalue weighted by atomic mass is 9.69. The molecule has 3 fully saturated rings. The highest BCUT2D eigenvalue weighted by molar-refractivity contribution is 5.90. The van der Waals surface area contributed by atoms with Crippen molar-refractivity contribution >= 4 is 12.1 Å². The van der Waals surface area contributed by atoms with Gasteiger partial charge in [0.15, 0.2) is 0 Å². The Labute approximate surface area is 258 Å². The fourth-order valence-corrected chi connectivity index (χ4v) is 6.38. The first-order chi connectivity index (χ1) is 21.2. The number of amides is 1. The monoisotopic (exact) mass is 618 g/mol. The molecule has 7 rings (SSSR count). The van der Waals surface area contributed by atoms with Gasteiger partial charge in [-0.1, -0.05) is 41.6 Å². The van der Waals surface area contributed by atoms with Crippen LogP contribution in [0.15, 0.2) is 72.9 Å². The lowest BCUT2D eigenvalue weighted by Crippen LogP contribution is -2.54. The number of rotatable bonds is 5. The summed E-state index contributed by atoms with van der Waals surface area (Å²) in [5.41, 5.74) is 2.69. The molecule has 8 nitrogen and oxygen atoms in total. The van der Waals surface area contributed by atoms with E-state index in [4.69, 9.17) is 4.74 Å². The second kappa shape index (κ2) is 11.4. The summed E-state index contributed by atoms with van der Waals surface area (Å²) in [6.07, 6.45) is -0.260. The second-order valence-electron chi connectivity index (χ2n) is 12.8. The number of aromatic nitrogens is 3. The third-order valence-corrected chi connectivity index (χ3v) is 8.57. The number of ether oxygens (including phenoxy) is 1. The molecule has 3 aliphatic rings. The number of carboxylic acid groups (broad SMARTS) is 1. The number of hydrogen-bond donors (Lipinski definition) is 1. The first kappa shape index (κ1) is 30.4. The van der Waals surface area contributed by atoms with Crippen LogP contribution < -0.4 is 0 Å². The van der Waals surface area contributed by atoms with Crippen LogP contribution in [-0.4, -0.2) is 55.3 Å². The van der Waals surface area contributed by atoms with Gasteiger partial charge < -0.3 is 14.7 Å². The van der Waals surface area contributed by atoms with E-state index in [1.807, 2.05) is 37.8 Å². The van der Waals surface area contributed by atoms with Crippen LogP contribution in [0.4, 0.5) is 18.0 Å². The maximum Gasteiger partial charge on any atom is 0.416 e. The summed E-state index contributed by atoms with van der Waals surface area (Å²) in [7, 11) is 0. The van der Waals surface area contributed by atoms with Crippen molar-refractivity contribution in [3.8, 4) is 28.1 Å². The minimum Gasteiger partial charge on any atom is -0.478 e. The Balaban J connectivity index is 1.22. The number of fused-ring (bicyclic) bond motifs is 3. The van der Waals surface area contributed by atoms with E-state index < -0.39 is 23.3 Å². The van der Waals surface area contributed by atoms with Crippen LogP contribution >= 0.6 is 0 Å². The summed E-state index contributed by atoms with van der Waals surface area (Å²) in [4.78, 5) is 26.7. The normalized spacial score (nSPS) is 19.9. The van der Waals surface area contributed by atoms with Crippen molar-refractivity contribution in [3.05, 3.63) is 89.6 Å². The maximum atomic E-state index is 13.0. The Hall–Kier alpha value is -4.67. The number of nitrogens with zero attached hydrogens (tertiary/aromatic N) is 4. The molecule has 1 amide bonds. The number of carboxylic acids is 1. The zero-order valence-electron chi connectivity index (χ0n) is 25.1. The molecule has 2 aliphatic heterocycles. The summed E-state index contributed by atoms with van der Waals surface area (Å²) < 4.78 is 46.0. The van der Waals surface area contributed by atoms with Crippen LogP contribution in [0.3, 0.4) is 0 Å². The highest BCUT2D eigenvalue weighted by atomic mass is 19.4. The predicted molar refractivity (Wildman–Crippen MR) is 161 cm³/mol. The molecular formula is C34H33F3N4O4. The minimum absolute atomic E-state index is 0.0602. The molecule has 1 aromatic heterocycles. The topological polar surface area (TPSA) is 97.6 Å². The quantitative estimate of drug-likeness (QED) is 0.245. The molecule has 3 unspecified atom stereocenters. The number of aromatic carboxylic acids is 1. The first-order valence-electron chi connectivity index (χ1n) is 14.8. The zero-order valence-corrected chi connectivity index (χ0v) is 25.1. The number of hydrogen-bond acceptors (Lipinski definition) is 5. The molecule has 234 valence electrons.